The minimum absolute atomic E-state index is 0.0154. The quantitative estimate of drug-likeness (QED) is 0.387. The summed E-state index contributed by atoms with van der Waals surface area (Å²) in [4.78, 5) is 25.0. The van der Waals surface area contributed by atoms with Crippen molar-refractivity contribution in [2.45, 2.75) is 56.6 Å². The summed E-state index contributed by atoms with van der Waals surface area (Å²) in [5, 5.41) is 10.2. The van der Waals surface area contributed by atoms with Gasteiger partial charge in [0.2, 0.25) is 0 Å². The highest BCUT2D eigenvalue weighted by Crippen LogP contribution is 2.57. The number of nitrogens with two attached hydrogens (primary N) is 1. The van der Waals surface area contributed by atoms with E-state index < -0.39 is 18.1 Å². The van der Waals surface area contributed by atoms with Gasteiger partial charge in [0.1, 0.15) is 17.5 Å². The number of amidine groups is 1. The average molecular weight is 399 g/mol. The highest BCUT2D eigenvalue weighted by molar-refractivity contribution is 5.94. The van der Waals surface area contributed by atoms with E-state index in [-0.39, 0.29) is 17.9 Å². The molecule has 0 saturated heterocycles. The number of benzene rings is 1. The molecule has 7 heteroatoms. The Morgan fingerprint density at radius 3 is 2.17 bits per heavy atom. The first-order valence-corrected chi connectivity index (χ1v) is 10.4. The molecule has 1 atom stereocenters. The van der Waals surface area contributed by atoms with Crippen LogP contribution in [0.15, 0.2) is 24.3 Å². The lowest BCUT2D eigenvalue weighted by atomic mass is 9.54. The number of hydrogen-bond donors (Lipinski definition) is 3. The standard InChI is InChI=1S/C22H29N3O4/c1-28-20(26)18(9-13-2-4-17(5-3-13)19(23)24)25-21(27)29-22-10-14-6-15(11-22)8-16(7-14)12-22/h2-5,14-16,18H,6-12H2,1H3,(H3,23,24)(H,25,27)/t14?,15?,16?,18-,22?/m0/s1. The van der Waals surface area contributed by atoms with Gasteiger partial charge >= 0.3 is 12.1 Å². The molecule has 4 fully saturated rings. The third-order valence-electron chi connectivity index (χ3n) is 6.77. The third kappa shape index (κ3) is 4.23. The lowest BCUT2D eigenvalue weighted by Crippen LogP contribution is -2.55. The fourth-order valence-corrected chi connectivity index (χ4v) is 5.92. The molecule has 4 N–H and O–H groups in total. The lowest BCUT2D eigenvalue weighted by molar-refractivity contribution is -0.144. The summed E-state index contributed by atoms with van der Waals surface area (Å²) in [6.45, 7) is 0. The van der Waals surface area contributed by atoms with Crippen LogP contribution in [0, 0.1) is 23.2 Å². The molecular formula is C22H29N3O4. The molecule has 0 aromatic heterocycles. The number of nitrogen functional groups attached to an aromatic ring is 1. The SMILES string of the molecule is COC(=O)[C@H](Cc1ccc(C(=N)N)cc1)NC(=O)OC12CC3CC(CC(C3)C1)C2. The Morgan fingerprint density at radius 2 is 1.69 bits per heavy atom. The van der Waals surface area contributed by atoms with Gasteiger partial charge in [-0.05, 0) is 61.8 Å². The van der Waals surface area contributed by atoms with Gasteiger partial charge in [0.05, 0.1) is 7.11 Å². The second-order valence-electron chi connectivity index (χ2n) is 9.02. The van der Waals surface area contributed by atoms with Crippen LogP contribution in [0.25, 0.3) is 0 Å². The summed E-state index contributed by atoms with van der Waals surface area (Å²) >= 11 is 0. The van der Waals surface area contributed by atoms with Gasteiger partial charge in [0.15, 0.2) is 0 Å². The number of amides is 1. The topological polar surface area (TPSA) is 115 Å². The molecule has 0 radical (unpaired) electrons. The minimum Gasteiger partial charge on any atom is -0.467 e. The molecule has 4 saturated carbocycles. The van der Waals surface area contributed by atoms with Crippen molar-refractivity contribution in [3.63, 3.8) is 0 Å². The molecule has 4 aliphatic rings. The number of hydrogen-bond acceptors (Lipinski definition) is 5. The van der Waals surface area contributed by atoms with E-state index in [1.165, 1.54) is 26.4 Å². The predicted molar refractivity (Wildman–Crippen MR) is 107 cm³/mol. The van der Waals surface area contributed by atoms with E-state index in [2.05, 4.69) is 5.32 Å². The lowest BCUT2D eigenvalue weighted by Gasteiger charge is -2.55. The van der Waals surface area contributed by atoms with Gasteiger partial charge < -0.3 is 20.5 Å². The molecule has 29 heavy (non-hydrogen) atoms. The van der Waals surface area contributed by atoms with Gasteiger partial charge in [-0.25, -0.2) is 9.59 Å². The molecule has 1 aromatic rings. The van der Waals surface area contributed by atoms with Crippen LogP contribution in [0.5, 0.6) is 0 Å². The third-order valence-corrected chi connectivity index (χ3v) is 6.77. The molecular weight excluding hydrogens is 370 g/mol. The van der Waals surface area contributed by atoms with Gasteiger partial charge in [0, 0.05) is 12.0 Å². The number of alkyl carbamates (subject to hydrolysis) is 1. The summed E-state index contributed by atoms with van der Waals surface area (Å²) in [6.07, 6.45) is 6.39. The maximum absolute atomic E-state index is 12.7. The highest BCUT2D eigenvalue weighted by atomic mass is 16.6. The first-order chi connectivity index (χ1) is 13.9. The number of carbonyl (C=O) groups is 2. The molecule has 0 unspecified atom stereocenters. The van der Waals surface area contributed by atoms with E-state index in [4.69, 9.17) is 20.6 Å². The van der Waals surface area contributed by atoms with E-state index >= 15 is 0 Å². The fourth-order valence-electron chi connectivity index (χ4n) is 5.92. The summed E-state index contributed by atoms with van der Waals surface area (Å²) in [6, 6.07) is 6.20. The molecule has 0 aliphatic heterocycles. The van der Waals surface area contributed by atoms with Crippen molar-refractivity contribution in [2.75, 3.05) is 7.11 Å². The first-order valence-electron chi connectivity index (χ1n) is 10.4. The predicted octanol–water partition coefficient (Wildman–Crippen LogP) is 2.75. The number of carbonyl (C=O) groups excluding carboxylic acids is 2. The Bertz CT molecular complexity index is 769. The van der Waals surface area contributed by atoms with Gasteiger partial charge in [-0.1, -0.05) is 24.3 Å². The molecule has 5 rings (SSSR count). The summed E-state index contributed by atoms with van der Waals surface area (Å²) in [7, 11) is 1.31. The smallest absolute Gasteiger partial charge is 0.408 e. The molecule has 4 aliphatic carbocycles. The number of ether oxygens (including phenoxy) is 2. The van der Waals surface area contributed by atoms with Crippen LogP contribution in [0.1, 0.15) is 49.7 Å². The van der Waals surface area contributed by atoms with Crippen LogP contribution in [0.3, 0.4) is 0 Å². The molecule has 1 amide bonds. The largest absolute Gasteiger partial charge is 0.467 e. The summed E-state index contributed by atoms with van der Waals surface area (Å²) in [5.74, 6) is 1.49. The normalized spacial score (nSPS) is 30.4. The number of esters is 1. The van der Waals surface area contributed by atoms with E-state index in [1.54, 1.807) is 24.3 Å². The van der Waals surface area contributed by atoms with Crippen LogP contribution < -0.4 is 11.1 Å². The fraction of sp³-hybridized carbons (Fsp3) is 0.591. The van der Waals surface area contributed by atoms with Crippen LogP contribution in [-0.4, -0.2) is 36.7 Å². The van der Waals surface area contributed by atoms with Crippen molar-refractivity contribution in [1.29, 1.82) is 5.41 Å². The maximum Gasteiger partial charge on any atom is 0.408 e. The monoisotopic (exact) mass is 399 g/mol. The Morgan fingerprint density at radius 1 is 1.14 bits per heavy atom. The van der Waals surface area contributed by atoms with Gasteiger partial charge in [0.25, 0.3) is 0 Å². The molecule has 4 bridgehead atoms. The van der Waals surface area contributed by atoms with Gasteiger partial charge in [-0.2, -0.15) is 0 Å². The van der Waals surface area contributed by atoms with Crippen LogP contribution in [-0.2, 0) is 20.7 Å². The van der Waals surface area contributed by atoms with Crippen molar-refractivity contribution in [2.24, 2.45) is 23.5 Å². The van der Waals surface area contributed by atoms with E-state index in [9.17, 15) is 9.59 Å². The number of nitrogens with one attached hydrogen (secondary N) is 2. The second kappa shape index (κ2) is 7.69. The molecule has 1 aromatic carbocycles. The van der Waals surface area contributed by atoms with Crippen LogP contribution in [0.4, 0.5) is 4.79 Å². The number of methoxy groups -OCH3 is 1. The summed E-state index contributed by atoms with van der Waals surface area (Å²) < 4.78 is 10.8. The minimum atomic E-state index is -0.829. The molecule has 0 spiro atoms. The molecule has 156 valence electrons. The first kappa shape index (κ1) is 19.7. The van der Waals surface area contributed by atoms with Crippen molar-refractivity contribution < 1.29 is 19.1 Å². The Kier molecular flexibility index (Phi) is 5.23. The zero-order valence-electron chi connectivity index (χ0n) is 16.8. The zero-order valence-corrected chi connectivity index (χ0v) is 16.8. The zero-order chi connectivity index (χ0) is 20.6. The molecule has 7 nitrogen and oxygen atoms in total. The van der Waals surface area contributed by atoms with Crippen molar-refractivity contribution in [3.05, 3.63) is 35.4 Å². The van der Waals surface area contributed by atoms with E-state index in [0.717, 1.165) is 24.8 Å². The Balaban J connectivity index is 1.41. The molecule has 0 heterocycles. The highest BCUT2D eigenvalue weighted by Gasteiger charge is 2.53. The van der Waals surface area contributed by atoms with E-state index in [0.29, 0.717) is 23.3 Å². The van der Waals surface area contributed by atoms with Crippen molar-refractivity contribution in [3.8, 4) is 0 Å². The number of rotatable bonds is 6. The second-order valence-corrected chi connectivity index (χ2v) is 9.02. The van der Waals surface area contributed by atoms with Crippen molar-refractivity contribution >= 4 is 17.9 Å². The summed E-state index contributed by atoms with van der Waals surface area (Å²) in [5.41, 5.74) is 6.56. The Hall–Kier alpha value is -2.57. The van der Waals surface area contributed by atoms with Crippen molar-refractivity contribution in [1.82, 2.24) is 5.32 Å². The maximum atomic E-state index is 12.7. The van der Waals surface area contributed by atoms with Gasteiger partial charge in [-0.15, -0.1) is 0 Å². The van der Waals surface area contributed by atoms with Crippen LogP contribution >= 0.6 is 0 Å². The average Bonchev–Trinajstić information content (AvgIpc) is 2.65. The van der Waals surface area contributed by atoms with E-state index in [1.807, 2.05) is 0 Å². The van der Waals surface area contributed by atoms with Gasteiger partial charge in [-0.3, -0.25) is 5.41 Å². The Labute approximate surface area is 170 Å². The van der Waals surface area contributed by atoms with Crippen LogP contribution in [0.2, 0.25) is 0 Å².